The van der Waals surface area contributed by atoms with Crippen molar-refractivity contribution in [2.24, 2.45) is 0 Å². The summed E-state index contributed by atoms with van der Waals surface area (Å²) in [5.74, 6) is 0. The molecule has 0 saturated carbocycles. The lowest BCUT2D eigenvalue weighted by atomic mass is 10.0. The smallest absolute Gasteiger partial charge is 0.0786 e. The van der Waals surface area contributed by atoms with Crippen molar-refractivity contribution in [3.05, 3.63) is 35.9 Å². The number of hydrogen-bond donors (Lipinski definition) is 0. The lowest BCUT2D eigenvalue weighted by Gasteiger charge is -2.39. The van der Waals surface area contributed by atoms with Crippen molar-refractivity contribution < 1.29 is 21.5 Å². The maximum absolute atomic E-state index is 2.35. The van der Waals surface area contributed by atoms with Crippen LogP contribution in [0.1, 0.15) is 97.0 Å². The Kier molecular flexibility index (Phi) is 17.5. The predicted octanol–water partition coefficient (Wildman–Crippen LogP) is 4.40. The first-order valence-electron chi connectivity index (χ1n) is 11.7. The third kappa shape index (κ3) is 12.7. The minimum absolute atomic E-state index is 0. The second-order valence-electron chi connectivity index (χ2n) is 8.30. The van der Waals surface area contributed by atoms with Crippen LogP contribution >= 0.6 is 0 Å². The van der Waals surface area contributed by atoms with Crippen LogP contribution in [-0.4, -0.2) is 30.7 Å². The summed E-state index contributed by atoms with van der Waals surface area (Å²) in [6.07, 6.45) is 16.5. The molecule has 0 heterocycles. The molecular formula is C25H46BrN. The summed E-state index contributed by atoms with van der Waals surface area (Å²) in [6, 6.07) is 11.0. The number of rotatable bonds is 17. The zero-order valence-electron chi connectivity index (χ0n) is 18.5. The van der Waals surface area contributed by atoms with E-state index in [9.17, 15) is 0 Å². The van der Waals surface area contributed by atoms with E-state index in [4.69, 9.17) is 0 Å². The van der Waals surface area contributed by atoms with Gasteiger partial charge >= 0.3 is 0 Å². The van der Waals surface area contributed by atoms with Gasteiger partial charge in [0.15, 0.2) is 0 Å². The lowest BCUT2D eigenvalue weighted by Crippen LogP contribution is -3.00. The van der Waals surface area contributed by atoms with E-state index < -0.39 is 0 Å². The Morgan fingerprint density at radius 2 is 1.00 bits per heavy atom. The molecule has 0 radical (unpaired) electrons. The molecule has 2 heteroatoms. The van der Waals surface area contributed by atoms with Crippen LogP contribution in [0, 0.1) is 0 Å². The summed E-state index contributed by atoms with van der Waals surface area (Å²) in [5, 5.41) is 0. The van der Waals surface area contributed by atoms with Crippen molar-refractivity contribution in [1.82, 2.24) is 0 Å². The van der Waals surface area contributed by atoms with E-state index in [1.807, 2.05) is 0 Å². The average Bonchev–Trinajstić information content (AvgIpc) is 2.68. The van der Waals surface area contributed by atoms with Crippen molar-refractivity contribution in [2.45, 2.75) is 97.8 Å². The number of halogens is 1. The van der Waals surface area contributed by atoms with Gasteiger partial charge in [-0.15, -0.1) is 0 Å². The van der Waals surface area contributed by atoms with Crippen LogP contribution in [0.5, 0.6) is 0 Å². The molecule has 0 aromatic heterocycles. The van der Waals surface area contributed by atoms with Gasteiger partial charge in [-0.2, -0.15) is 0 Å². The first-order chi connectivity index (χ1) is 12.8. The van der Waals surface area contributed by atoms with Crippen molar-refractivity contribution in [2.75, 3.05) is 26.2 Å². The van der Waals surface area contributed by atoms with Gasteiger partial charge < -0.3 is 21.5 Å². The summed E-state index contributed by atoms with van der Waals surface area (Å²) in [6.45, 7) is 12.7. The Balaban J connectivity index is 0.00000676. The quantitative estimate of drug-likeness (QED) is 0.249. The normalized spacial score (nSPS) is 11.4. The molecule has 0 N–H and O–H groups in total. The highest BCUT2D eigenvalue weighted by Crippen LogP contribution is 2.18. The fourth-order valence-electron chi connectivity index (χ4n) is 4.10. The van der Waals surface area contributed by atoms with E-state index in [-0.39, 0.29) is 17.0 Å². The molecule has 27 heavy (non-hydrogen) atoms. The van der Waals surface area contributed by atoms with Crippen LogP contribution in [-0.2, 0) is 6.42 Å². The molecular weight excluding hydrogens is 394 g/mol. The molecule has 0 bridgehead atoms. The van der Waals surface area contributed by atoms with Crippen LogP contribution < -0.4 is 17.0 Å². The van der Waals surface area contributed by atoms with Gasteiger partial charge in [0.05, 0.1) is 26.2 Å². The van der Waals surface area contributed by atoms with E-state index in [0.29, 0.717) is 0 Å². The molecule has 1 aromatic rings. The third-order valence-corrected chi connectivity index (χ3v) is 5.90. The highest BCUT2D eigenvalue weighted by Gasteiger charge is 2.24. The molecule has 0 aliphatic rings. The Labute approximate surface area is 181 Å². The topological polar surface area (TPSA) is 0 Å². The standard InChI is InChI=1S/C25H46N.BrH/c1-4-7-21-26(22-8-5-2,23-9-6-3)24-17-12-10-11-14-18-25-19-15-13-16-20-25;/h13,15-16,19-20H,4-12,14,17-18,21-24H2,1-3H3;1H/q+1;/p-1. The van der Waals surface area contributed by atoms with Crippen LogP contribution in [0.3, 0.4) is 0 Å². The number of nitrogens with zero attached hydrogens (tertiary/aromatic N) is 1. The van der Waals surface area contributed by atoms with Gasteiger partial charge in [-0.3, -0.25) is 0 Å². The average molecular weight is 441 g/mol. The SMILES string of the molecule is CCCC[N+](CCCC)(CCCC)CCCCCCCc1ccccc1.[Br-]. The molecule has 0 fully saturated rings. The van der Waals surface area contributed by atoms with E-state index in [1.165, 1.54) is 113 Å². The van der Waals surface area contributed by atoms with Gasteiger partial charge in [-0.05, 0) is 50.5 Å². The second kappa shape index (κ2) is 17.7. The first kappa shape index (κ1) is 26.7. The molecule has 0 aliphatic heterocycles. The number of aryl methyl sites for hydroxylation is 1. The zero-order valence-corrected chi connectivity index (χ0v) is 20.1. The monoisotopic (exact) mass is 439 g/mol. The van der Waals surface area contributed by atoms with Gasteiger partial charge in [0, 0.05) is 0 Å². The van der Waals surface area contributed by atoms with Gasteiger partial charge in [0.2, 0.25) is 0 Å². The van der Waals surface area contributed by atoms with Crippen LogP contribution in [0.25, 0.3) is 0 Å². The van der Waals surface area contributed by atoms with Gasteiger partial charge in [0.1, 0.15) is 0 Å². The molecule has 1 aromatic carbocycles. The zero-order chi connectivity index (χ0) is 18.9. The number of unbranched alkanes of at least 4 members (excludes halogenated alkanes) is 7. The van der Waals surface area contributed by atoms with Gasteiger partial charge in [0.25, 0.3) is 0 Å². The minimum atomic E-state index is 0. The summed E-state index contributed by atoms with van der Waals surface area (Å²) in [4.78, 5) is 0. The van der Waals surface area contributed by atoms with Crippen molar-refractivity contribution in [3.8, 4) is 0 Å². The summed E-state index contributed by atoms with van der Waals surface area (Å²) >= 11 is 0. The number of quaternary nitrogens is 1. The van der Waals surface area contributed by atoms with Crippen LogP contribution in [0.4, 0.5) is 0 Å². The Hall–Kier alpha value is -0.340. The van der Waals surface area contributed by atoms with E-state index in [2.05, 4.69) is 51.1 Å². The molecule has 158 valence electrons. The minimum Gasteiger partial charge on any atom is -1.00 e. The van der Waals surface area contributed by atoms with Crippen molar-refractivity contribution in [3.63, 3.8) is 0 Å². The summed E-state index contributed by atoms with van der Waals surface area (Å²) < 4.78 is 1.42. The van der Waals surface area contributed by atoms with Crippen LogP contribution in [0.15, 0.2) is 30.3 Å². The largest absolute Gasteiger partial charge is 1.00 e. The Morgan fingerprint density at radius 3 is 1.52 bits per heavy atom. The Morgan fingerprint density at radius 1 is 0.556 bits per heavy atom. The summed E-state index contributed by atoms with van der Waals surface area (Å²) in [7, 11) is 0. The summed E-state index contributed by atoms with van der Waals surface area (Å²) in [5.41, 5.74) is 1.50. The fraction of sp³-hybridized carbons (Fsp3) is 0.760. The van der Waals surface area contributed by atoms with Gasteiger partial charge in [-0.1, -0.05) is 83.2 Å². The third-order valence-electron chi connectivity index (χ3n) is 5.90. The molecule has 0 saturated heterocycles. The number of benzene rings is 1. The Bertz CT molecular complexity index is 396. The molecule has 1 rings (SSSR count). The highest BCUT2D eigenvalue weighted by atomic mass is 79.9. The maximum atomic E-state index is 2.35. The first-order valence-corrected chi connectivity index (χ1v) is 11.7. The van der Waals surface area contributed by atoms with E-state index >= 15 is 0 Å². The van der Waals surface area contributed by atoms with Crippen molar-refractivity contribution in [1.29, 1.82) is 0 Å². The van der Waals surface area contributed by atoms with E-state index in [1.54, 1.807) is 0 Å². The molecule has 0 unspecified atom stereocenters. The highest BCUT2D eigenvalue weighted by molar-refractivity contribution is 5.14. The predicted molar refractivity (Wildman–Crippen MR) is 118 cm³/mol. The molecule has 0 atom stereocenters. The maximum Gasteiger partial charge on any atom is 0.0786 e. The molecule has 0 aliphatic carbocycles. The molecule has 0 amide bonds. The fourth-order valence-corrected chi connectivity index (χ4v) is 4.10. The van der Waals surface area contributed by atoms with E-state index in [0.717, 1.165) is 0 Å². The number of hydrogen-bond acceptors (Lipinski definition) is 0. The molecule has 1 nitrogen and oxygen atoms in total. The van der Waals surface area contributed by atoms with Crippen molar-refractivity contribution >= 4 is 0 Å². The lowest BCUT2D eigenvalue weighted by molar-refractivity contribution is -0.929. The van der Waals surface area contributed by atoms with Gasteiger partial charge in [-0.25, -0.2) is 0 Å². The van der Waals surface area contributed by atoms with Crippen LogP contribution in [0.2, 0.25) is 0 Å². The second-order valence-corrected chi connectivity index (χ2v) is 8.30. The molecule has 0 spiro atoms.